The largest absolute Gasteiger partial charge is 0.394 e. The number of rotatable bonds is 5. The molecule has 0 radical (unpaired) electrons. The topological polar surface area (TPSA) is 49.3 Å². The van der Waals surface area contributed by atoms with Crippen molar-refractivity contribution in [1.29, 1.82) is 0 Å². The van der Waals surface area contributed by atoms with Crippen molar-refractivity contribution in [1.82, 2.24) is 5.32 Å². The van der Waals surface area contributed by atoms with E-state index in [2.05, 4.69) is 21.2 Å². The van der Waals surface area contributed by atoms with E-state index in [-0.39, 0.29) is 12.5 Å². The molecule has 0 aliphatic heterocycles. The van der Waals surface area contributed by atoms with Crippen LogP contribution in [-0.4, -0.2) is 23.2 Å². The van der Waals surface area contributed by atoms with Crippen LogP contribution in [-0.2, 0) is 4.79 Å². The summed E-state index contributed by atoms with van der Waals surface area (Å²) in [7, 11) is 0. The molecule has 0 aromatic heterocycles. The zero-order valence-corrected chi connectivity index (χ0v) is 13.1. The fraction of sp³-hybridized carbons (Fsp3) is 0.400. The zero-order valence-electron chi connectivity index (χ0n) is 11.5. The molecule has 0 bridgehead atoms. The van der Waals surface area contributed by atoms with Crippen LogP contribution in [0.5, 0.6) is 0 Å². The molecule has 2 N–H and O–H groups in total. The Hall–Kier alpha value is -1.13. The van der Waals surface area contributed by atoms with Gasteiger partial charge >= 0.3 is 0 Å². The summed E-state index contributed by atoms with van der Waals surface area (Å²) >= 11 is 3.46. The molecule has 1 aromatic rings. The van der Waals surface area contributed by atoms with Gasteiger partial charge in [-0.25, -0.2) is 0 Å². The number of carbonyl (C=O) groups is 1. The molecule has 0 heterocycles. The average molecular weight is 326 g/mol. The molecular formula is C15H20BrNO2. The monoisotopic (exact) mass is 325 g/mol. The summed E-state index contributed by atoms with van der Waals surface area (Å²) in [5.41, 5.74) is 1.54. The fourth-order valence-corrected chi connectivity index (χ4v) is 2.14. The summed E-state index contributed by atoms with van der Waals surface area (Å²) in [6.45, 7) is 5.69. The average Bonchev–Trinajstić information content (AvgIpc) is 2.37. The number of halogens is 1. The van der Waals surface area contributed by atoms with Gasteiger partial charge in [0.25, 0.3) is 0 Å². The first-order valence-electron chi connectivity index (χ1n) is 6.27. The molecular weight excluding hydrogens is 306 g/mol. The minimum Gasteiger partial charge on any atom is -0.394 e. The van der Waals surface area contributed by atoms with Crippen molar-refractivity contribution in [2.45, 2.75) is 32.7 Å². The van der Waals surface area contributed by atoms with Crippen LogP contribution >= 0.6 is 15.9 Å². The minimum atomic E-state index is -0.564. The first-order valence-corrected chi connectivity index (χ1v) is 7.07. The number of hydrogen-bond donors (Lipinski definition) is 2. The van der Waals surface area contributed by atoms with Gasteiger partial charge < -0.3 is 10.4 Å². The number of aryl methyl sites for hydroxylation is 1. The third-order valence-electron chi connectivity index (χ3n) is 3.12. The lowest BCUT2D eigenvalue weighted by Crippen LogP contribution is -2.47. The Morgan fingerprint density at radius 2 is 2.21 bits per heavy atom. The van der Waals surface area contributed by atoms with Crippen molar-refractivity contribution in [2.24, 2.45) is 0 Å². The van der Waals surface area contributed by atoms with Crippen LogP contribution in [0.2, 0.25) is 0 Å². The van der Waals surface area contributed by atoms with Crippen molar-refractivity contribution >= 4 is 27.9 Å². The Balaban J connectivity index is 2.74. The van der Waals surface area contributed by atoms with Gasteiger partial charge in [0.05, 0.1) is 12.1 Å². The lowest BCUT2D eigenvalue weighted by atomic mass is 10.0. The lowest BCUT2D eigenvalue weighted by Gasteiger charge is -2.26. The summed E-state index contributed by atoms with van der Waals surface area (Å²) in [6, 6.07) is 5.95. The predicted molar refractivity (Wildman–Crippen MR) is 81.8 cm³/mol. The lowest BCUT2D eigenvalue weighted by molar-refractivity contribution is -0.118. The third-order valence-corrected chi connectivity index (χ3v) is 3.81. The molecule has 1 atom stereocenters. The SMILES string of the molecule is CCC(C)(CO)NC(=O)C=Cc1ccc(C)cc1Br. The van der Waals surface area contributed by atoms with Crippen molar-refractivity contribution < 1.29 is 9.90 Å². The van der Waals surface area contributed by atoms with Gasteiger partial charge in [-0.15, -0.1) is 0 Å². The molecule has 0 saturated carbocycles. The first-order chi connectivity index (χ1) is 8.90. The maximum absolute atomic E-state index is 11.8. The highest BCUT2D eigenvalue weighted by Crippen LogP contribution is 2.19. The molecule has 4 heteroatoms. The maximum Gasteiger partial charge on any atom is 0.244 e. The Kier molecular flexibility index (Phi) is 5.76. The molecule has 104 valence electrons. The molecule has 1 unspecified atom stereocenters. The predicted octanol–water partition coefficient (Wildman–Crippen LogP) is 3.05. The zero-order chi connectivity index (χ0) is 14.5. The van der Waals surface area contributed by atoms with E-state index in [4.69, 9.17) is 0 Å². The van der Waals surface area contributed by atoms with Crippen molar-refractivity contribution in [3.8, 4) is 0 Å². The molecule has 0 saturated heterocycles. The maximum atomic E-state index is 11.8. The molecule has 1 aromatic carbocycles. The Bertz CT molecular complexity index is 479. The second-order valence-corrected chi connectivity index (χ2v) is 5.77. The van der Waals surface area contributed by atoms with Gasteiger partial charge in [-0.2, -0.15) is 0 Å². The van der Waals surface area contributed by atoms with E-state index >= 15 is 0 Å². The molecule has 0 aliphatic rings. The van der Waals surface area contributed by atoms with Crippen molar-refractivity contribution in [2.75, 3.05) is 6.61 Å². The van der Waals surface area contributed by atoms with Gasteiger partial charge in [0, 0.05) is 10.5 Å². The minimum absolute atomic E-state index is 0.0721. The smallest absolute Gasteiger partial charge is 0.244 e. The second kappa shape index (κ2) is 6.87. The molecule has 1 amide bonds. The molecule has 3 nitrogen and oxygen atoms in total. The van der Waals surface area contributed by atoms with Gasteiger partial charge in [0.1, 0.15) is 0 Å². The summed E-state index contributed by atoms with van der Waals surface area (Å²) in [6.07, 6.45) is 3.92. The fourth-order valence-electron chi connectivity index (χ4n) is 1.51. The van der Waals surface area contributed by atoms with E-state index in [1.807, 2.05) is 39.0 Å². The van der Waals surface area contributed by atoms with E-state index in [0.717, 1.165) is 15.6 Å². The van der Waals surface area contributed by atoms with Crippen LogP contribution in [0, 0.1) is 6.92 Å². The van der Waals surface area contributed by atoms with E-state index in [9.17, 15) is 9.90 Å². The van der Waals surface area contributed by atoms with E-state index in [1.165, 1.54) is 6.08 Å². The number of nitrogens with one attached hydrogen (secondary N) is 1. The Morgan fingerprint density at radius 3 is 2.74 bits per heavy atom. The van der Waals surface area contributed by atoms with E-state index in [1.54, 1.807) is 6.08 Å². The van der Waals surface area contributed by atoms with Gasteiger partial charge in [-0.3, -0.25) is 4.79 Å². The van der Waals surface area contributed by atoms with Crippen molar-refractivity contribution in [3.05, 3.63) is 39.9 Å². The van der Waals surface area contributed by atoms with E-state index in [0.29, 0.717) is 6.42 Å². The van der Waals surface area contributed by atoms with Crippen LogP contribution in [0.25, 0.3) is 6.08 Å². The summed E-state index contributed by atoms with van der Waals surface area (Å²) in [4.78, 5) is 11.8. The summed E-state index contributed by atoms with van der Waals surface area (Å²) in [5.74, 6) is -0.203. The number of hydrogen-bond acceptors (Lipinski definition) is 2. The van der Waals surface area contributed by atoms with Gasteiger partial charge in [-0.1, -0.05) is 35.0 Å². The van der Waals surface area contributed by atoms with Gasteiger partial charge in [0.2, 0.25) is 5.91 Å². The summed E-state index contributed by atoms with van der Waals surface area (Å²) < 4.78 is 0.956. The Morgan fingerprint density at radius 1 is 1.53 bits per heavy atom. The van der Waals surface area contributed by atoms with Crippen LogP contribution in [0.4, 0.5) is 0 Å². The van der Waals surface area contributed by atoms with Gasteiger partial charge in [-0.05, 0) is 43.5 Å². The number of amides is 1. The number of benzene rings is 1. The van der Waals surface area contributed by atoms with Crippen LogP contribution in [0.15, 0.2) is 28.7 Å². The van der Waals surface area contributed by atoms with Crippen LogP contribution < -0.4 is 5.32 Å². The molecule has 0 spiro atoms. The van der Waals surface area contributed by atoms with Crippen molar-refractivity contribution in [3.63, 3.8) is 0 Å². The standard InChI is InChI=1S/C15H20BrNO2/c1-4-15(3,10-18)17-14(19)8-7-12-6-5-11(2)9-13(12)16/h5-9,18H,4,10H2,1-3H3,(H,17,19). The van der Waals surface area contributed by atoms with E-state index < -0.39 is 5.54 Å². The second-order valence-electron chi connectivity index (χ2n) is 4.92. The quantitative estimate of drug-likeness (QED) is 0.817. The molecule has 1 rings (SSSR count). The number of carbonyl (C=O) groups excluding carboxylic acids is 1. The molecule has 0 aliphatic carbocycles. The Labute approximate surface area is 122 Å². The highest BCUT2D eigenvalue weighted by molar-refractivity contribution is 9.10. The number of aliphatic hydroxyl groups is 1. The molecule has 19 heavy (non-hydrogen) atoms. The third kappa shape index (κ3) is 4.80. The van der Waals surface area contributed by atoms with Crippen LogP contribution in [0.3, 0.4) is 0 Å². The highest BCUT2D eigenvalue weighted by atomic mass is 79.9. The van der Waals surface area contributed by atoms with Crippen LogP contribution in [0.1, 0.15) is 31.4 Å². The van der Waals surface area contributed by atoms with Gasteiger partial charge in [0.15, 0.2) is 0 Å². The first kappa shape index (κ1) is 15.9. The number of aliphatic hydroxyl groups excluding tert-OH is 1. The highest BCUT2D eigenvalue weighted by Gasteiger charge is 2.21. The normalized spacial score (nSPS) is 14.4. The summed E-state index contributed by atoms with van der Waals surface area (Å²) in [5, 5.41) is 12.1. The molecule has 0 fully saturated rings.